The second-order valence-electron chi connectivity index (χ2n) is 5.33. The van der Waals surface area contributed by atoms with Crippen LogP contribution in [0.25, 0.3) is 11.5 Å². The van der Waals surface area contributed by atoms with Gasteiger partial charge in [0.25, 0.3) is 0 Å². The summed E-state index contributed by atoms with van der Waals surface area (Å²) in [5, 5.41) is 3.81. The molecule has 1 saturated heterocycles. The summed E-state index contributed by atoms with van der Waals surface area (Å²) in [7, 11) is 0. The first-order valence-corrected chi connectivity index (χ1v) is 7.54. The SMILES string of the molecule is c1ccc(N2CCN(c3cncc(-c4ncon4)n3)CC2)cc1. The van der Waals surface area contributed by atoms with Gasteiger partial charge in [0.2, 0.25) is 12.2 Å². The second kappa shape index (κ2) is 6.04. The maximum atomic E-state index is 4.77. The van der Waals surface area contributed by atoms with Crippen molar-refractivity contribution in [3.8, 4) is 11.5 Å². The average molecular weight is 308 g/mol. The van der Waals surface area contributed by atoms with Crippen LogP contribution in [0.5, 0.6) is 0 Å². The fraction of sp³-hybridized carbons (Fsp3) is 0.250. The van der Waals surface area contributed by atoms with E-state index in [1.165, 1.54) is 12.1 Å². The van der Waals surface area contributed by atoms with Gasteiger partial charge in [-0.25, -0.2) is 4.98 Å². The highest BCUT2D eigenvalue weighted by Gasteiger charge is 2.19. The molecule has 7 heteroatoms. The molecule has 0 bridgehead atoms. The number of anilines is 2. The van der Waals surface area contributed by atoms with E-state index in [0.717, 1.165) is 32.0 Å². The molecule has 1 fully saturated rings. The highest BCUT2D eigenvalue weighted by molar-refractivity contribution is 5.52. The molecule has 0 N–H and O–H groups in total. The normalized spacial score (nSPS) is 15.0. The third-order valence-corrected chi connectivity index (χ3v) is 3.94. The van der Waals surface area contributed by atoms with E-state index in [0.29, 0.717) is 11.5 Å². The van der Waals surface area contributed by atoms with Crippen LogP contribution >= 0.6 is 0 Å². The maximum absolute atomic E-state index is 4.77. The van der Waals surface area contributed by atoms with Crippen molar-refractivity contribution in [2.45, 2.75) is 0 Å². The van der Waals surface area contributed by atoms with E-state index < -0.39 is 0 Å². The van der Waals surface area contributed by atoms with Gasteiger partial charge >= 0.3 is 0 Å². The Hall–Kier alpha value is -2.96. The van der Waals surface area contributed by atoms with Crippen molar-refractivity contribution in [2.24, 2.45) is 0 Å². The molecule has 0 unspecified atom stereocenters. The summed E-state index contributed by atoms with van der Waals surface area (Å²) in [4.78, 5) is 17.5. The molecule has 1 aliphatic heterocycles. The Balaban J connectivity index is 1.47. The lowest BCUT2D eigenvalue weighted by molar-refractivity contribution is 0.418. The Morgan fingerprint density at radius 3 is 2.43 bits per heavy atom. The maximum Gasteiger partial charge on any atom is 0.222 e. The van der Waals surface area contributed by atoms with Crippen LogP contribution in [-0.4, -0.2) is 46.3 Å². The van der Waals surface area contributed by atoms with Crippen LogP contribution in [0.3, 0.4) is 0 Å². The number of hydrogen-bond donors (Lipinski definition) is 0. The molecule has 3 heterocycles. The number of hydrogen-bond acceptors (Lipinski definition) is 7. The highest BCUT2D eigenvalue weighted by Crippen LogP contribution is 2.20. The topological polar surface area (TPSA) is 71.2 Å². The van der Waals surface area contributed by atoms with Gasteiger partial charge in [-0.2, -0.15) is 4.98 Å². The van der Waals surface area contributed by atoms with Crippen molar-refractivity contribution >= 4 is 11.5 Å². The van der Waals surface area contributed by atoms with Crippen molar-refractivity contribution in [1.29, 1.82) is 0 Å². The lowest BCUT2D eigenvalue weighted by atomic mass is 10.2. The summed E-state index contributed by atoms with van der Waals surface area (Å²) < 4.78 is 4.77. The van der Waals surface area contributed by atoms with Gasteiger partial charge in [0, 0.05) is 31.9 Å². The third-order valence-electron chi connectivity index (χ3n) is 3.94. The Kier molecular flexibility index (Phi) is 3.59. The number of aromatic nitrogens is 4. The minimum Gasteiger partial charge on any atom is -0.368 e. The smallest absolute Gasteiger partial charge is 0.222 e. The fourth-order valence-electron chi connectivity index (χ4n) is 2.73. The first-order chi connectivity index (χ1) is 11.4. The van der Waals surface area contributed by atoms with E-state index in [-0.39, 0.29) is 0 Å². The molecule has 1 aliphatic rings. The minimum atomic E-state index is 0.460. The standard InChI is InChI=1S/C16H16N6O/c1-2-4-13(5-3-1)21-6-8-22(9-7-21)15-11-17-10-14(19-15)16-18-12-23-20-16/h1-5,10-12H,6-9H2. The van der Waals surface area contributed by atoms with E-state index in [9.17, 15) is 0 Å². The molecule has 0 amide bonds. The molecule has 2 aromatic heterocycles. The number of benzene rings is 1. The summed E-state index contributed by atoms with van der Waals surface area (Å²) in [6, 6.07) is 10.5. The summed E-state index contributed by atoms with van der Waals surface area (Å²) in [6.45, 7) is 3.72. The van der Waals surface area contributed by atoms with Crippen molar-refractivity contribution < 1.29 is 4.52 Å². The lowest BCUT2D eigenvalue weighted by Crippen LogP contribution is -2.46. The largest absolute Gasteiger partial charge is 0.368 e. The van der Waals surface area contributed by atoms with Crippen LogP contribution in [0.4, 0.5) is 11.5 Å². The Morgan fingerprint density at radius 1 is 0.913 bits per heavy atom. The second-order valence-corrected chi connectivity index (χ2v) is 5.33. The van der Waals surface area contributed by atoms with Crippen molar-refractivity contribution in [2.75, 3.05) is 36.0 Å². The van der Waals surface area contributed by atoms with Crippen molar-refractivity contribution in [3.63, 3.8) is 0 Å². The summed E-state index contributed by atoms with van der Waals surface area (Å²) >= 11 is 0. The monoisotopic (exact) mass is 308 g/mol. The molecule has 0 radical (unpaired) electrons. The van der Waals surface area contributed by atoms with E-state index in [2.05, 4.69) is 54.2 Å². The summed E-state index contributed by atoms with van der Waals surface area (Å²) in [5.41, 5.74) is 1.89. The molecule has 7 nitrogen and oxygen atoms in total. The van der Waals surface area contributed by atoms with Gasteiger partial charge in [0.15, 0.2) is 0 Å². The zero-order valence-corrected chi connectivity index (χ0v) is 12.5. The average Bonchev–Trinajstić information content (AvgIpc) is 3.18. The van der Waals surface area contributed by atoms with E-state index in [1.807, 2.05) is 6.07 Å². The molecule has 0 saturated carbocycles. The number of para-hydroxylation sites is 1. The van der Waals surface area contributed by atoms with Gasteiger partial charge in [-0.3, -0.25) is 4.98 Å². The fourth-order valence-corrected chi connectivity index (χ4v) is 2.73. The molecular formula is C16H16N6O. The number of piperazine rings is 1. The molecule has 116 valence electrons. The predicted octanol–water partition coefficient (Wildman–Crippen LogP) is 1.85. The lowest BCUT2D eigenvalue weighted by Gasteiger charge is -2.36. The Labute approximate surface area is 133 Å². The van der Waals surface area contributed by atoms with Crippen LogP contribution in [0, 0.1) is 0 Å². The van der Waals surface area contributed by atoms with Crippen LogP contribution in [0.2, 0.25) is 0 Å². The highest BCUT2D eigenvalue weighted by atomic mass is 16.5. The summed E-state index contributed by atoms with van der Waals surface area (Å²) in [5.74, 6) is 1.31. The molecule has 4 rings (SSSR count). The molecular weight excluding hydrogens is 292 g/mol. The summed E-state index contributed by atoms with van der Waals surface area (Å²) in [6.07, 6.45) is 4.72. The van der Waals surface area contributed by atoms with Gasteiger partial charge in [-0.1, -0.05) is 23.4 Å². The van der Waals surface area contributed by atoms with Crippen LogP contribution < -0.4 is 9.80 Å². The van der Waals surface area contributed by atoms with Crippen LogP contribution in [0.15, 0.2) is 53.6 Å². The van der Waals surface area contributed by atoms with Gasteiger partial charge < -0.3 is 14.3 Å². The van der Waals surface area contributed by atoms with Crippen molar-refractivity contribution in [1.82, 2.24) is 20.1 Å². The molecule has 0 atom stereocenters. The Morgan fingerprint density at radius 2 is 1.70 bits per heavy atom. The van der Waals surface area contributed by atoms with E-state index in [4.69, 9.17) is 4.52 Å². The minimum absolute atomic E-state index is 0.460. The first-order valence-electron chi connectivity index (χ1n) is 7.54. The zero-order chi connectivity index (χ0) is 15.5. The van der Waals surface area contributed by atoms with Gasteiger partial charge in [-0.15, -0.1) is 0 Å². The van der Waals surface area contributed by atoms with E-state index in [1.54, 1.807) is 12.4 Å². The number of rotatable bonds is 3. The third kappa shape index (κ3) is 2.85. The van der Waals surface area contributed by atoms with Crippen molar-refractivity contribution in [3.05, 3.63) is 49.1 Å². The molecule has 23 heavy (non-hydrogen) atoms. The van der Waals surface area contributed by atoms with E-state index >= 15 is 0 Å². The van der Waals surface area contributed by atoms with Gasteiger partial charge in [-0.05, 0) is 12.1 Å². The van der Waals surface area contributed by atoms with Crippen LogP contribution in [0.1, 0.15) is 0 Å². The Bertz CT molecular complexity index is 753. The molecule has 0 spiro atoms. The number of nitrogens with zero attached hydrogens (tertiary/aromatic N) is 6. The zero-order valence-electron chi connectivity index (χ0n) is 12.5. The van der Waals surface area contributed by atoms with Gasteiger partial charge in [0.05, 0.1) is 12.4 Å². The van der Waals surface area contributed by atoms with Crippen LogP contribution in [-0.2, 0) is 0 Å². The molecule has 0 aliphatic carbocycles. The molecule has 3 aromatic rings. The van der Waals surface area contributed by atoms with Gasteiger partial charge in [0.1, 0.15) is 11.5 Å². The first kappa shape index (κ1) is 13.7. The predicted molar refractivity (Wildman–Crippen MR) is 86.2 cm³/mol. The molecule has 1 aromatic carbocycles. The quantitative estimate of drug-likeness (QED) is 0.731.